The fraction of sp³-hybridized carbons (Fsp3) is 0.222. The molecule has 1 amide bonds. The predicted octanol–water partition coefficient (Wildman–Crippen LogP) is 1.44. The normalized spacial score (nSPS) is 10.3. The minimum absolute atomic E-state index is 0.202. The van der Waals surface area contributed by atoms with Crippen LogP contribution in [0.4, 0.5) is 5.69 Å². The molecule has 0 aliphatic carbocycles. The van der Waals surface area contributed by atoms with Crippen molar-refractivity contribution in [2.45, 2.75) is 6.92 Å². The van der Waals surface area contributed by atoms with E-state index in [2.05, 4.69) is 15.4 Å². The highest BCUT2D eigenvalue weighted by atomic mass is 32.1. The molecule has 1 N–H and O–H groups in total. The zero-order valence-electron chi connectivity index (χ0n) is 8.39. The number of nitrogens with zero attached hydrogens (tertiary/aromatic N) is 3. The third-order valence-electron chi connectivity index (χ3n) is 1.93. The quantitative estimate of drug-likeness (QED) is 0.836. The van der Waals surface area contributed by atoms with Crippen molar-refractivity contribution >= 4 is 22.9 Å². The van der Waals surface area contributed by atoms with Gasteiger partial charge in [0.15, 0.2) is 0 Å². The molecule has 2 aromatic heterocycles. The minimum atomic E-state index is -0.202. The van der Waals surface area contributed by atoms with Gasteiger partial charge in [-0.05, 0) is 6.92 Å². The number of amides is 1. The van der Waals surface area contributed by atoms with Crippen LogP contribution < -0.4 is 5.32 Å². The third-order valence-corrected chi connectivity index (χ3v) is 2.51. The van der Waals surface area contributed by atoms with Crippen LogP contribution in [0.1, 0.15) is 16.2 Å². The number of nitrogens with one attached hydrogen (secondary N) is 1. The molecule has 2 heterocycles. The molecule has 78 valence electrons. The summed E-state index contributed by atoms with van der Waals surface area (Å²) < 4.78 is 1.66. The molecule has 0 unspecified atom stereocenters. The van der Waals surface area contributed by atoms with Gasteiger partial charge in [0.05, 0.1) is 16.9 Å². The summed E-state index contributed by atoms with van der Waals surface area (Å²) in [7, 11) is 1.81. The molecule has 0 bridgehead atoms. The predicted molar refractivity (Wildman–Crippen MR) is 58.0 cm³/mol. The number of carbonyl (C=O) groups excluding carboxylic acids is 1. The first-order valence-corrected chi connectivity index (χ1v) is 5.31. The summed E-state index contributed by atoms with van der Waals surface area (Å²) in [4.78, 5) is 15.6. The molecule has 0 radical (unpaired) electrons. The Kier molecular flexibility index (Phi) is 2.51. The van der Waals surface area contributed by atoms with Gasteiger partial charge in [0, 0.05) is 18.6 Å². The maximum Gasteiger partial charge on any atom is 0.275 e. The monoisotopic (exact) mass is 222 g/mol. The van der Waals surface area contributed by atoms with Crippen LogP contribution in [-0.2, 0) is 7.05 Å². The first kappa shape index (κ1) is 9.85. The number of hydrogen-bond acceptors (Lipinski definition) is 4. The molecule has 6 heteroatoms. The van der Waals surface area contributed by atoms with Gasteiger partial charge in [0.25, 0.3) is 5.91 Å². The zero-order valence-corrected chi connectivity index (χ0v) is 9.21. The Bertz CT molecular complexity index is 474. The number of anilines is 1. The molecule has 0 atom stereocenters. The smallest absolute Gasteiger partial charge is 0.275 e. The van der Waals surface area contributed by atoms with E-state index in [9.17, 15) is 4.79 Å². The lowest BCUT2D eigenvalue weighted by Crippen LogP contribution is -2.12. The lowest BCUT2D eigenvalue weighted by Gasteiger charge is -1.99. The Balaban J connectivity index is 2.16. The van der Waals surface area contributed by atoms with Crippen molar-refractivity contribution < 1.29 is 4.79 Å². The molecule has 0 aromatic carbocycles. The second-order valence-corrected chi connectivity index (χ2v) is 3.85. The first-order chi connectivity index (χ1) is 7.16. The van der Waals surface area contributed by atoms with Gasteiger partial charge in [-0.15, -0.1) is 11.3 Å². The van der Waals surface area contributed by atoms with Gasteiger partial charge in [-0.3, -0.25) is 9.48 Å². The van der Waals surface area contributed by atoms with Crippen LogP contribution in [0.25, 0.3) is 0 Å². The fourth-order valence-electron chi connectivity index (χ4n) is 1.23. The fourth-order valence-corrected chi connectivity index (χ4v) is 1.77. The Labute approximate surface area is 90.8 Å². The summed E-state index contributed by atoms with van der Waals surface area (Å²) >= 11 is 1.40. The van der Waals surface area contributed by atoms with Gasteiger partial charge in [-0.2, -0.15) is 5.10 Å². The van der Waals surface area contributed by atoms with E-state index in [1.165, 1.54) is 11.3 Å². The molecule has 0 aliphatic heterocycles. The zero-order chi connectivity index (χ0) is 10.8. The molecule has 15 heavy (non-hydrogen) atoms. The van der Waals surface area contributed by atoms with Crippen molar-refractivity contribution in [2.24, 2.45) is 7.05 Å². The van der Waals surface area contributed by atoms with Crippen molar-refractivity contribution in [3.8, 4) is 0 Å². The largest absolute Gasteiger partial charge is 0.318 e. The molecule has 2 rings (SSSR count). The highest BCUT2D eigenvalue weighted by Crippen LogP contribution is 2.13. The average Bonchev–Trinajstić information content (AvgIpc) is 2.76. The van der Waals surface area contributed by atoms with Gasteiger partial charge >= 0.3 is 0 Å². The Hall–Kier alpha value is -1.69. The SMILES string of the molecule is Cc1nn(C)cc1NC(=O)c1cscn1. The van der Waals surface area contributed by atoms with Crippen LogP contribution in [0.2, 0.25) is 0 Å². The molecule has 0 spiro atoms. The Morgan fingerprint density at radius 2 is 2.40 bits per heavy atom. The molecule has 2 aromatic rings. The molecule has 5 nitrogen and oxygen atoms in total. The summed E-state index contributed by atoms with van der Waals surface area (Å²) in [5.41, 5.74) is 3.57. The number of hydrogen-bond donors (Lipinski definition) is 1. The molecule has 0 saturated carbocycles. The molecule has 0 aliphatic rings. The van der Waals surface area contributed by atoms with E-state index >= 15 is 0 Å². The van der Waals surface area contributed by atoms with E-state index in [-0.39, 0.29) is 5.91 Å². The highest BCUT2D eigenvalue weighted by Gasteiger charge is 2.10. The van der Waals surface area contributed by atoms with Gasteiger partial charge in [-0.1, -0.05) is 0 Å². The van der Waals surface area contributed by atoms with Gasteiger partial charge in [0.1, 0.15) is 5.69 Å². The van der Waals surface area contributed by atoms with Crippen molar-refractivity contribution in [1.29, 1.82) is 0 Å². The lowest BCUT2D eigenvalue weighted by atomic mass is 10.3. The van der Waals surface area contributed by atoms with Crippen molar-refractivity contribution in [3.63, 3.8) is 0 Å². The van der Waals surface area contributed by atoms with Crippen molar-refractivity contribution in [2.75, 3.05) is 5.32 Å². The summed E-state index contributed by atoms with van der Waals surface area (Å²) in [6.45, 7) is 1.84. The topological polar surface area (TPSA) is 59.8 Å². The van der Waals surface area contributed by atoms with Crippen LogP contribution in [-0.4, -0.2) is 20.7 Å². The van der Waals surface area contributed by atoms with E-state index < -0.39 is 0 Å². The minimum Gasteiger partial charge on any atom is -0.318 e. The van der Waals surface area contributed by atoms with Gasteiger partial charge in [0.2, 0.25) is 0 Å². The van der Waals surface area contributed by atoms with E-state index in [4.69, 9.17) is 0 Å². The summed E-state index contributed by atoms with van der Waals surface area (Å²) in [6, 6.07) is 0. The summed E-state index contributed by atoms with van der Waals surface area (Å²) in [5.74, 6) is -0.202. The number of aromatic nitrogens is 3. The van der Waals surface area contributed by atoms with E-state index in [0.29, 0.717) is 5.69 Å². The summed E-state index contributed by atoms with van der Waals surface area (Å²) in [6.07, 6.45) is 1.76. The number of aryl methyl sites for hydroxylation is 2. The third kappa shape index (κ3) is 2.04. The first-order valence-electron chi connectivity index (χ1n) is 4.36. The van der Waals surface area contributed by atoms with E-state index in [1.54, 1.807) is 21.8 Å². The number of rotatable bonds is 2. The second-order valence-electron chi connectivity index (χ2n) is 3.13. The Morgan fingerprint density at radius 1 is 1.60 bits per heavy atom. The van der Waals surface area contributed by atoms with Crippen LogP contribution in [0.5, 0.6) is 0 Å². The van der Waals surface area contributed by atoms with E-state index in [1.807, 2.05) is 14.0 Å². The van der Waals surface area contributed by atoms with Crippen molar-refractivity contribution in [1.82, 2.24) is 14.8 Å². The van der Waals surface area contributed by atoms with Gasteiger partial charge in [-0.25, -0.2) is 4.98 Å². The molecular formula is C9H10N4OS. The Morgan fingerprint density at radius 3 is 2.93 bits per heavy atom. The molecule has 0 fully saturated rings. The highest BCUT2D eigenvalue weighted by molar-refractivity contribution is 7.07. The molecular weight excluding hydrogens is 212 g/mol. The van der Waals surface area contributed by atoms with Crippen LogP contribution in [0.15, 0.2) is 17.1 Å². The second kappa shape index (κ2) is 3.82. The molecule has 0 saturated heterocycles. The average molecular weight is 222 g/mol. The number of thiazole rings is 1. The van der Waals surface area contributed by atoms with Crippen molar-refractivity contribution in [3.05, 3.63) is 28.5 Å². The maximum atomic E-state index is 11.6. The van der Waals surface area contributed by atoms with Crippen LogP contribution >= 0.6 is 11.3 Å². The summed E-state index contributed by atoms with van der Waals surface area (Å²) in [5, 5.41) is 8.59. The van der Waals surface area contributed by atoms with Crippen LogP contribution in [0, 0.1) is 6.92 Å². The van der Waals surface area contributed by atoms with E-state index in [0.717, 1.165) is 11.4 Å². The van der Waals surface area contributed by atoms with Gasteiger partial charge < -0.3 is 5.32 Å². The number of carbonyl (C=O) groups is 1. The standard InChI is InChI=1S/C9H10N4OS/c1-6-7(3-13(2)12-6)11-9(14)8-4-15-5-10-8/h3-5H,1-2H3,(H,11,14). The van der Waals surface area contributed by atoms with Crippen LogP contribution in [0.3, 0.4) is 0 Å². The maximum absolute atomic E-state index is 11.6. The lowest BCUT2D eigenvalue weighted by molar-refractivity contribution is 0.102.